The number of nitrogens with one attached hydrogen (secondary N) is 1. The average Bonchev–Trinajstić information content (AvgIpc) is 3.14. The molecule has 3 rings (SSSR count). The summed E-state index contributed by atoms with van der Waals surface area (Å²) in [7, 11) is 0. The molecule has 7 heteroatoms. The van der Waals surface area contributed by atoms with Crippen LogP contribution in [0.15, 0.2) is 16.8 Å². The smallest absolute Gasteiger partial charge is 0.223 e. The van der Waals surface area contributed by atoms with Crippen molar-refractivity contribution in [3.05, 3.63) is 34.4 Å². The van der Waals surface area contributed by atoms with Crippen molar-refractivity contribution in [1.29, 1.82) is 0 Å². The van der Waals surface area contributed by atoms with E-state index in [1.54, 1.807) is 6.07 Å². The maximum Gasteiger partial charge on any atom is 0.223 e. The summed E-state index contributed by atoms with van der Waals surface area (Å²) in [6.45, 7) is 3.72. The molecule has 0 saturated carbocycles. The first-order valence-electron chi connectivity index (χ1n) is 7.99. The Labute approximate surface area is 140 Å². The van der Waals surface area contributed by atoms with Crippen LogP contribution in [0.5, 0.6) is 0 Å². The summed E-state index contributed by atoms with van der Waals surface area (Å²) in [4.78, 5) is 14.4. The van der Waals surface area contributed by atoms with Crippen molar-refractivity contribution in [3.8, 4) is 0 Å². The van der Waals surface area contributed by atoms with E-state index < -0.39 is 0 Å². The van der Waals surface area contributed by atoms with Crippen molar-refractivity contribution in [1.82, 2.24) is 20.3 Å². The van der Waals surface area contributed by atoms with Gasteiger partial charge in [0, 0.05) is 37.7 Å². The van der Waals surface area contributed by atoms with Gasteiger partial charge in [-0.3, -0.25) is 9.89 Å². The molecular weight excluding hydrogens is 316 g/mol. The summed E-state index contributed by atoms with van der Waals surface area (Å²) in [5.41, 5.74) is 2.37. The van der Waals surface area contributed by atoms with E-state index in [0.29, 0.717) is 29.7 Å². The minimum atomic E-state index is 0.170. The van der Waals surface area contributed by atoms with Gasteiger partial charge in [-0.1, -0.05) is 16.8 Å². The largest absolute Gasteiger partial charge is 0.360 e. The molecule has 0 radical (unpaired) electrons. The summed E-state index contributed by atoms with van der Waals surface area (Å²) in [5, 5.41) is 11.1. The number of halogens is 1. The average molecular weight is 337 g/mol. The molecule has 2 aromatic rings. The second-order valence-electron chi connectivity index (χ2n) is 6.20. The Morgan fingerprint density at radius 1 is 1.57 bits per heavy atom. The molecule has 1 fully saturated rings. The molecule has 3 heterocycles. The van der Waals surface area contributed by atoms with Crippen molar-refractivity contribution in [2.45, 2.75) is 39.0 Å². The predicted octanol–water partition coefficient (Wildman–Crippen LogP) is 2.77. The van der Waals surface area contributed by atoms with Crippen LogP contribution >= 0.6 is 11.6 Å². The molecule has 1 aliphatic heterocycles. The molecular formula is C16H21ClN4O2. The fraction of sp³-hybridized carbons (Fsp3) is 0.562. The van der Waals surface area contributed by atoms with Crippen LogP contribution in [0.25, 0.3) is 0 Å². The molecule has 1 saturated heterocycles. The molecule has 0 spiro atoms. The van der Waals surface area contributed by atoms with Gasteiger partial charge >= 0.3 is 0 Å². The summed E-state index contributed by atoms with van der Waals surface area (Å²) < 4.78 is 5.04. The van der Waals surface area contributed by atoms with Crippen LogP contribution in [-0.4, -0.2) is 39.3 Å². The van der Waals surface area contributed by atoms with Gasteiger partial charge in [-0.2, -0.15) is 5.10 Å². The lowest BCUT2D eigenvalue weighted by molar-refractivity contribution is -0.133. The van der Waals surface area contributed by atoms with Crippen LogP contribution < -0.4 is 0 Å². The number of rotatable bonds is 5. The molecule has 0 unspecified atom stereocenters. The van der Waals surface area contributed by atoms with Crippen LogP contribution in [-0.2, 0) is 17.6 Å². The number of carbonyl (C=O) groups excluding carboxylic acids is 1. The predicted molar refractivity (Wildman–Crippen MR) is 86.2 cm³/mol. The second-order valence-corrected chi connectivity index (χ2v) is 6.59. The Morgan fingerprint density at radius 3 is 3.13 bits per heavy atom. The Bertz CT molecular complexity index is 667. The van der Waals surface area contributed by atoms with Gasteiger partial charge < -0.3 is 9.42 Å². The minimum Gasteiger partial charge on any atom is -0.360 e. The van der Waals surface area contributed by atoms with Gasteiger partial charge in [0.05, 0.1) is 6.20 Å². The van der Waals surface area contributed by atoms with E-state index in [0.717, 1.165) is 32.4 Å². The third-order valence-corrected chi connectivity index (χ3v) is 4.59. The van der Waals surface area contributed by atoms with E-state index in [1.807, 2.05) is 11.1 Å². The van der Waals surface area contributed by atoms with Crippen LogP contribution in [0.3, 0.4) is 0 Å². The third-order valence-electron chi connectivity index (χ3n) is 4.41. The van der Waals surface area contributed by atoms with Crippen molar-refractivity contribution in [2.24, 2.45) is 5.92 Å². The number of nitrogens with zero attached hydrogens (tertiary/aromatic N) is 3. The van der Waals surface area contributed by atoms with Crippen molar-refractivity contribution >= 4 is 17.5 Å². The quantitative estimate of drug-likeness (QED) is 0.911. The zero-order valence-corrected chi connectivity index (χ0v) is 14.0. The number of aryl methyl sites for hydroxylation is 2. The van der Waals surface area contributed by atoms with Gasteiger partial charge in [0.1, 0.15) is 5.76 Å². The van der Waals surface area contributed by atoms with E-state index in [9.17, 15) is 4.79 Å². The minimum absolute atomic E-state index is 0.170. The van der Waals surface area contributed by atoms with Gasteiger partial charge in [0.25, 0.3) is 0 Å². The number of H-pyrrole nitrogens is 1. The molecule has 2 aromatic heterocycles. The topological polar surface area (TPSA) is 75.0 Å². The highest BCUT2D eigenvalue weighted by atomic mass is 35.5. The summed E-state index contributed by atoms with van der Waals surface area (Å²) in [6.07, 6.45) is 5.98. The first-order chi connectivity index (χ1) is 11.1. The van der Waals surface area contributed by atoms with Crippen LogP contribution in [0.1, 0.15) is 36.3 Å². The SMILES string of the molecule is Cc1cn[nH]c1C[C@@H]1CCCN(C(=O)CCc2cc(Cl)no2)C1. The fourth-order valence-corrected chi connectivity index (χ4v) is 3.28. The zero-order valence-electron chi connectivity index (χ0n) is 13.2. The van der Waals surface area contributed by atoms with E-state index >= 15 is 0 Å². The standard InChI is InChI=1S/C16H21ClN4O2/c1-11-9-18-19-14(11)7-12-3-2-6-21(10-12)16(22)5-4-13-8-15(17)20-23-13/h8-9,12H,2-7,10H2,1H3,(H,18,19)/t12-/m0/s1. The first-order valence-corrected chi connectivity index (χ1v) is 8.37. The molecule has 124 valence electrons. The number of amides is 1. The highest BCUT2D eigenvalue weighted by Gasteiger charge is 2.24. The van der Waals surface area contributed by atoms with Gasteiger partial charge in [0.2, 0.25) is 5.91 Å². The number of carbonyl (C=O) groups is 1. The number of piperidine rings is 1. The zero-order chi connectivity index (χ0) is 16.2. The Balaban J connectivity index is 1.51. The van der Waals surface area contributed by atoms with E-state index in [4.69, 9.17) is 16.1 Å². The van der Waals surface area contributed by atoms with E-state index in [1.165, 1.54) is 11.3 Å². The highest BCUT2D eigenvalue weighted by Crippen LogP contribution is 2.22. The van der Waals surface area contributed by atoms with Gasteiger partial charge in [-0.15, -0.1) is 0 Å². The molecule has 6 nitrogen and oxygen atoms in total. The Morgan fingerprint density at radius 2 is 2.43 bits per heavy atom. The van der Waals surface area contributed by atoms with Gasteiger partial charge in [0.15, 0.2) is 5.15 Å². The molecule has 0 aromatic carbocycles. The van der Waals surface area contributed by atoms with E-state index in [-0.39, 0.29) is 5.91 Å². The number of likely N-dealkylation sites (tertiary alicyclic amines) is 1. The molecule has 1 amide bonds. The third kappa shape index (κ3) is 4.13. The van der Waals surface area contributed by atoms with Crippen LogP contribution in [0.2, 0.25) is 5.15 Å². The lowest BCUT2D eigenvalue weighted by Gasteiger charge is -2.32. The number of hydrogen-bond donors (Lipinski definition) is 1. The number of aromatic amines is 1. The molecule has 1 aliphatic rings. The molecule has 1 N–H and O–H groups in total. The first kappa shape index (κ1) is 16.1. The Kier molecular flexibility index (Phi) is 5.00. The molecule has 1 atom stereocenters. The van der Waals surface area contributed by atoms with Crippen LogP contribution in [0.4, 0.5) is 0 Å². The normalized spacial score (nSPS) is 18.3. The number of hydrogen-bond acceptors (Lipinski definition) is 4. The van der Waals surface area contributed by atoms with Crippen molar-refractivity contribution in [3.63, 3.8) is 0 Å². The van der Waals surface area contributed by atoms with Gasteiger partial charge in [-0.05, 0) is 37.7 Å². The monoisotopic (exact) mass is 336 g/mol. The van der Waals surface area contributed by atoms with Gasteiger partial charge in [-0.25, -0.2) is 0 Å². The Hall–Kier alpha value is -1.82. The summed E-state index contributed by atoms with van der Waals surface area (Å²) >= 11 is 5.72. The molecule has 0 bridgehead atoms. The summed E-state index contributed by atoms with van der Waals surface area (Å²) in [6, 6.07) is 1.66. The van der Waals surface area contributed by atoms with E-state index in [2.05, 4.69) is 22.3 Å². The maximum atomic E-state index is 12.4. The maximum absolute atomic E-state index is 12.4. The fourth-order valence-electron chi connectivity index (χ4n) is 3.12. The molecule has 0 aliphatic carbocycles. The second kappa shape index (κ2) is 7.17. The highest BCUT2D eigenvalue weighted by molar-refractivity contribution is 6.29. The van der Waals surface area contributed by atoms with Crippen molar-refractivity contribution in [2.75, 3.05) is 13.1 Å². The van der Waals surface area contributed by atoms with Crippen LogP contribution in [0, 0.1) is 12.8 Å². The lowest BCUT2D eigenvalue weighted by Crippen LogP contribution is -2.40. The summed E-state index contributed by atoms with van der Waals surface area (Å²) in [5.74, 6) is 1.32. The number of aromatic nitrogens is 3. The molecule has 23 heavy (non-hydrogen) atoms. The van der Waals surface area contributed by atoms with Crippen molar-refractivity contribution < 1.29 is 9.32 Å². The lowest BCUT2D eigenvalue weighted by atomic mass is 9.92.